The molecule has 0 amide bonds. The fourth-order valence-electron chi connectivity index (χ4n) is 1.20. The van der Waals surface area contributed by atoms with Gasteiger partial charge >= 0.3 is 0 Å². The van der Waals surface area contributed by atoms with Crippen LogP contribution < -0.4 is 5.73 Å². The number of hydrogen-bond acceptors (Lipinski definition) is 2. The van der Waals surface area contributed by atoms with Crippen molar-refractivity contribution in [1.29, 1.82) is 0 Å². The van der Waals surface area contributed by atoms with Gasteiger partial charge in [-0.05, 0) is 18.6 Å². The molecule has 1 rings (SSSR count). The minimum Gasteiger partial charge on any atom is -0.387 e. The molecule has 3 N–H and O–H groups in total. The molecule has 0 aliphatic carbocycles. The summed E-state index contributed by atoms with van der Waals surface area (Å²) in [5.74, 6) is 0. The second-order valence-corrected chi connectivity index (χ2v) is 4.51. The summed E-state index contributed by atoms with van der Waals surface area (Å²) in [4.78, 5) is 0. The highest BCUT2D eigenvalue weighted by Gasteiger charge is 2.17. The molecule has 0 aliphatic heterocycles. The molecule has 0 spiro atoms. The van der Waals surface area contributed by atoms with Gasteiger partial charge in [0.15, 0.2) is 0 Å². The molecule has 0 heterocycles. The lowest BCUT2D eigenvalue weighted by atomic mass is 10.0. The van der Waals surface area contributed by atoms with E-state index in [4.69, 9.17) is 17.3 Å². The quantitative estimate of drug-likeness (QED) is 0.893. The predicted molar refractivity (Wildman–Crippen MR) is 62.4 cm³/mol. The molecule has 78 valence electrons. The van der Waals surface area contributed by atoms with Crippen molar-refractivity contribution in [2.45, 2.75) is 25.5 Å². The van der Waals surface area contributed by atoms with Crippen LogP contribution in [0.5, 0.6) is 0 Å². The van der Waals surface area contributed by atoms with Crippen LogP contribution in [-0.2, 0) is 0 Å². The second kappa shape index (κ2) is 5.12. The molecule has 0 aromatic heterocycles. The Balaban J connectivity index is 2.95. The summed E-state index contributed by atoms with van der Waals surface area (Å²) in [5.41, 5.74) is 6.42. The molecule has 2 unspecified atom stereocenters. The van der Waals surface area contributed by atoms with E-state index in [1.807, 2.05) is 13.0 Å². The first kappa shape index (κ1) is 12.0. The van der Waals surface area contributed by atoms with Crippen LogP contribution in [0.3, 0.4) is 0 Å². The van der Waals surface area contributed by atoms with E-state index in [1.165, 1.54) is 0 Å². The van der Waals surface area contributed by atoms with E-state index >= 15 is 0 Å². The lowest BCUT2D eigenvalue weighted by Crippen LogP contribution is -2.27. The van der Waals surface area contributed by atoms with Gasteiger partial charge in [0.2, 0.25) is 0 Å². The minimum absolute atomic E-state index is 0.270. The first-order valence-corrected chi connectivity index (χ1v) is 5.62. The molecule has 0 bridgehead atoms. The summed E-state index contributed by atoms with van der Waals surface area (Å²) in [5, 5.41) is 10.4. The summed E-state index contributed by atoms with van der Waals surface area (Å²) in [6.45, 7) is 1.93. The zero-order valence-corrected chi connectivity index (χ0v) is 10.2. The van der Waals surface area contributed by atoms with Gasteiger partial charge in [-0.2, -0.15) is 0 Å². The highest BCUT2D eigenvalue weighted by atomic mass is 79.9. The Hall–Kier alpha value is -0.0900. The molecule has 4 heteroatoms. The zero-order valence-electron chi connectivity index (χ0n) is 7.87. The van der Waals surface area contributed by atoms with Crippen LogP contribution in [0.2, 0.25) is 5.02 Å². The van der Waals surface area contributed by atoms with Crippen LogP contribution in [0.4, 0.5) is 0 Å². The Labute approximate surface area is 97.2 Å². The van der Waals surface area contributed by atoms with E-state index in [0.29, 0.717) is 17.0 Å². The Morgan fingerprint density at radius 1 is 1.57 bits per heavy atom. The third-order valence-electron chi connectivity index (χ3n) is 2.16. The van der Waals surface area contributed by atoms with E-state index in [9.17, 15) is 5.11 Å². The predicted octanol–water partition coefficient (Wildman–Crippen LogP) is 2.87. The van der Waals surface area contributed by atoms with Gasteiger partial charge in [-0.15, -0.1) is 0 Å². The van der Waals surface area contributed by atoms with Crippen molar-refractivity contribution < 1.29 is 5.11 Å². The highest BCUT2D eigenvalue weighted by molar-refractivity contribution is 9.10. The number of nitrogens with two attached hydrogens (primary N) is 1. The average molecular weight is 279 g/mol. The Kier molecular flexibility index (Phi) is 4.38. The van der Waals surface area contributed by atoms with Gasteiger partial charge in [0.05, 0.1) is 6.10 Å². The summed E-state index contributed by atoms with van der Waals surface area (Å²) in [6.07, 6.45) is 0.0219. The number of aliphatic hydroxyl groups excluding tert-OH is 1. The largest absolute Gasteiger partial charge is 0.387 e. The fourth-order valence-corrected chi connectivity index (χ4v) is 1.98. The van der Waals surface area contributed by atoms with E-state index in [0.717, 1.165) is 4.47 Å². The number of halogens is 2. The third-order valence-corrected chi connectivity index (χ3v) is 2.98. The first-order valence-electron chi connectivity index (χ1n) is 4.44. The van der Waals surface area contributed by atoms with E-state index in [2.05, 4.69) is 15.9 Å². The number of hydrogen-bond donors (Lipinski definition) is 2. The maximum atomic E-state index is 9.84. The SMILES string of the molecule is CCC(N)C(O)c1ccc(Br)cc1Cl. The van der Waals surface area contributed by atoms with Gasteiger partial charge in [0.25, 0.3) is 0 Å². The van der Waals surface area contributed by atoms with Gasteiger partial charge in [0.1, 0.15) is 0 Å². The Morgan fingerprint density at radius 2 is 2.21 bits per heavy atom. The average Bonchev–Trinajstić information content (AvgIpc) is 2.15. The smallest absolute Gasteiger partial charge is 0.0955 e. The maximum absolute atomic E-state index is 9.84. The summed E-state index contributed by atoms with van der Waals surface area (Å²) >= 11 is 9.28. The molecular formula is C10H13BrClNO. The van der Waals surface area contributed by atoms with Crippen LogP contribution in [0, 0.1) is 0 Å². The highest BCUT2D eigenvalue weighted by Crippen LogP contribution is 2.28. The second-order valence-electron chi connectivity index (χ2n) is 3.18. The molecule has 0 saturated carbocycles. The zero-order chi connectivity index (χ0) is 10.7. The lowest BCUT2D eigenvalue weighted by molar-refractivity contribution is 0.144. The van der Waals surface area contributed by atoms with Crippen molar-refractivity contribution in [2.24, 2.45) is 5.73 Å². The van der Waals surface area contributed by atoms with Crippen molar-refractivity contribution in [2.75, 3.05) is 0 Å². The van der Waals surface area contributed by atoms with Gasteiger partial charge < -0.3 is 10.8 Å². The van der Waals surface area contributed by atoms with Crippen LogP contribution >= 0.6 is 27.5 Å². The van der Waals surface area contributed by atoms with Gasteiger partial charge in [-0.3, -0.25) is 0 Å². The summed E-state index contributed by atoms with van der Waals surface area (Å²) < 4.78 is 0.892. The molecule has 0 saturated heterocycles. The number of rotatable bonds is 3. The van der Waals surface area contributed by atoms with Crippen LogP contribution in [0.25, 0.3) is 0 Å². The van der Waals surface area contributed by atoms with E-state index in [1.54, 1.807) is 12.1 Å². The number of aliphatic hydroxyl groups is 1. The van der Waals surface area contributed by atoms with Gasteiger partial charge in [-0.25, -0.2) is 0 Å². The molecule has 0 fully saturated rings. The Morgan fingerprint density at radius 3 is 2.71 bits per heavy atom. The maximum Gasteiger partial charge on any atom is 0.0955 e. The van der Waals surface area contributed by atoms with Crippen LogP contribution in [0.1, 0.15) is 25.0 Å². The topological polar surface area (TPSA) is 46.2 Å². The molecule has 1 aromatic rings. The van der Waals surface area contributed by atoms with Crippen molar-refractivity contribution in [3.8, 4) is 0 Å². The van der Waals surface area contributed by atoms with Crippen LogP contribution in [0.15, 0.2) is 22.7 Å². The molecule has 1 aromatic carbocycles. The van der Waals surface area contributed by atoms with E-state index in [-0.39, 0.29) is 6.04 Å². The normalized spacial score (nSPS) is 15.2. The van der Waals surface area contributed by atoms with Crippen molar-refractivity contribution in [3.63, 3.8) is 0 Å². The summed E-state index contributed by atoms with van der Waals surface area (Å²) in [7, 11) is 0. The first-order chi connectivity index (χ1) is 6.56. The van der Waals surface area contributed by atoms with Crippen molar-refractivity contribution >= 4 is 27.5 Å². The van der Waals surface area contributed by atoms with Crippen LogP contribution in [-0.4, -0.2) is 11.1 Å². The van der Waals surface area contributed by atoms with Crippen molar-refractivity contribution in [3.05, 3.63) is 33.3 Å². The lowest BCUT2D eigenvalue weighted by Gasteiger charge is -2.18. The molecule has 0 aliphatic rings. The van der Waals surface area contributed by atoms with E-state index < -0.39 is 6.10 Å². The third kappa shape index (κ3) is 2.70. The molecular weight excluding hydrogens is 265 g/mol. The standard InChI is InChI=1S/C10H13BrClNO/c1-2-9(13)10(14)7-4-3-6(11)5-8(7)12/h3-5,9-10,14H,2,13H2,1H3. The summed E-state index contributed by atoms with van der Waals surface area (Å²) in [6, 6.07) is 5.11. The van der Waals surface area contributed by atoms with Crippen molar-refractivity contribution in [1.82, 2.24) is 0 Å². The Bertz CT molecular complexity index is 319. The molecule has 14 heavy (non-hydrogen) atoms. The van der Waals surface area contributed by atoms with Gasteiger partial charge in [-0.1, -0.05) is 40.5 Å². The molecule has 0 radical (unpaired) electrons. The van der Waals surface area contributed by atoms with Gasteiger partial charge in [0, 0.05) is 21.1 Å². The number of benzene rings is 1. The molecule has 2 atom stereocenters. The molecule has 2 nitrogen and oxygen atoms in total. The minimum atomic E-state index is -0.694. The monoisotopic (exact) mass is 277 g/mol. The fraction of sp³-hybridized carbons (Fsp3) is 0.400.